The lowest BCUT2D eigenvalue weighted by Gasteiger charge is -2.22. The van der Waals surface area contributed by atoms with Crippen LogP contribution in [0.1, 0.15) is 25.0 Å². The van der Waals surface area contributed by atoms with Crippen molar-refractivity contribution in [1.29, 1.82) is 0 Å². The molecule has 1 aromatic rings. The van der Waals surface area contributed by atoms with Gasteiger partial charge in [0.15, 0.2) is 0 Å². The Labute approximate surface area is 143 Å². The molecule has 0 bridgehead atoms. The second-order valence-electron chi connectivity index (χ2n) is 5.55. The van der Waals surface area contributed by atoms with Gasteiger partial charge in [-0.2, -0.15) is 0 Å². The molecule has 1 aliphatic rings. The zero-order valence-electron chi connectivity index (χ0n) is 13.1. The van der Waals surface area contributed by atoms with E-state index < -0.39 is 0 Å². The summed E-state index contributed by atoms with van der Waals surface area (Å²) in [5, 5.41) is 5.88. The van der Waals surface area contributed by atoms with E-state index in [9.17, 15) is 9.18 Å². The molecule has 22 heavy (non-hydrogen) atoms. The van der Waals surface area contributed by atoms with Crippen molar-refractivity contribution < 1.29 is 9.18 Å². The number of likely N-dealkylation sites (N-methyl/N-ethyl adjacent to an activating group) is 1. The van der Waals surface area contributed by atoms with Gasteiger partial charge in [0.25, 0.3) is 0 Å². The van der Waals surface area contributed by atoms with E-state index >= 15 is 0 Å². The SMILES string of the molecule is CC(C)N(C)CC(=O)Nc1ccc2c(c1F)CCNC2.Cl.Cl. The molecule has 1 aliphatic heterocycles. The van der Waals surface area contributed by atoms with Gasteiger partial charge in [-0.3, -0.25) is 9.69 Å². The van der Waals surface area contributed by atoms with Crippen LogP contribution in [0.25, 0.3) is 0 Å². The number of anilines is 1. The third-order valence-corrected chi connectivity index (χ3v) is 3.76. The molecule has 7 heteroatoms. The Morgan fingerprint density at radius 1 is 1.41 bits per heavy atom. The Bertz CT molecular complexity index is 512. The van der Waals surface area contributed by atoms with E-state index in [4.69, 9.17) is 0 Å². The summed E-state index contributed by atoms with van der Waals surface area (Å²) in [6, 6.07) is 3.81. The summed E-state index contributed by atoms with van der Waals surface area (Å²) in [5.74, 6) is -0.474. The molecule has 0 atom stereocenters. The van der Waals surface area contributed by atoms with Crippen LogP contribution in [0.15, 0.2) is 12.1 Å². The minimum absolute atomic E-state index is 0. The molecule has 1 heterocycles. The van der Waals surface area contributed by atoms with Gasteiger partial charge in [0.2, 0.25) is 5.91 Å². The van der Waals surface area contributed by atoms with Crippen LogP contribution < -0.4 is 10.6 Å². The normalized spacial score (nSPS) is 13.2. The number of carbonyl (C=O) groups excluding carboxylic acids is 1. The van der Waals surface area contributed by atoms with E-state index in [0.717, 1.165) is 17.7 Å². The van der Waals surface area contributed by atoms with Crippen LogP contribution in [0, 0.1) is 5.82 Å². The molecular weight excluding hydrogens is 328 g/mol. The topological polar surface area (TPSA) is 44.4 Å². The minimum Gasteiger partial charge on any atom is -0.322 e. The Hall–Kier alpha value is -0.880. The number of benzene rings is 1. The lowest BCUT2D eigenvalue weighted by Crippen LogP contribution is -2.35. The minimum atomic E-state index is -0.287. The Kier molecular flexibility index (Phi) is 8.93. The molecule has 0 saturated carbocycles. The van der Waals surface area contributed by atoms with Crippen LogP contribution in [0.5, 0.6) is 0 Å². The third-order valence-electron chi connectivity index (χ3n) is 3.76. The van der Waals surface area contributed by atoms with Gasteiger partial charge in [0.05, 0.1) is 12.2 Å². The van der Waals surface area contributed by atoms with Gasteiger partial charge in [-0.1, -0.05) is 6.07 Å². The zero-order chi connectivity index (χ0) is 14.7. The fraction of sp³-hybridized carbons (Fsp3) is 0.533. The van der Waals surface area contributed by atoms with E-state index in [2.05, 4.69) is 10.6 Å². The Morgan fingerprint density at radius 2 is 2.09 bits per heavy atom. The van der Waals surface area contributed by atoms with E-state index in [1.165, 1.54) is 0 Å². The van der Waals surface area contributed by atoms with Crippen LogP contribution in [0.3, 0.4) is 0 Å². The first-order valence-corrected chi connectivity index (χ1v) is 7.00. The third kappa shape index (κ3) is 5.09. The molecule has 1 amide bonds. The standard InChI is InChI=1S/C15H22FN3O.2ClH/c1-10(2)19(3)9-14(20)18-13-5-4-11-8-17-7-6-12(11)15(13)16;;/h4-5,10,17H,6-9H2,1-3H3,(H,18,20);2*1H. The van der Waals surface area contributed by atoms with Crippen LogP contribution in [-0.4, -0.2) is 37.0 Å². The van der Waals surface area contributed by atoms with Gasteiger partial charge in [-0.05, 0) is 51.1 Å². The van der Waals surface area contributed by atoms with Crippen molar-refractivity contribution in [2.75, 3.05) is 25.5 Å². The van der Waals surface area contributed by atoms with Gasteiger partial charge in [-0.25, -0.2) is 4.39 Å². The first-order chi connectivity index (χ1) is 9.49. The fourth-order valence-electron chi connectivity index (χ4n) is 2.23. The predicted octanol–water partition coefficient (Wildman–Crippen LogP) is 2.59. The number of nitrogens with zero attached hydrogens (tertiary/aromatic N) is 1. The van der Waals surface area contributed by atoms with E-state index in [-0.39, 0.29) is 54.8 Å². The largest absolute Gasteiger partial charge is 0.322 e. The number of nitrogens with one attached hydrogen (secondary N) is 2. The predicted molar refractivity (Wildman–Crippen MR) is 92.7 cm³/mol. The lowest BCUT2D eigenvalue weighted by atomic mass is 9.99. The second-order valence-corrected chi connectivity index (χ2v) is 5.55. The first-order valence-electron chi connectivity index (χ1n) is 7.00. The van der Waals surface area contributed by atoms with Crippen molar-refractivity contribution in [2.45, 2.75) is 32.9 Å². The molecule has 0 aromatic heterocycles. The summed E-state index contributed by atoms with van der Waals surface area (Å²) in [6.45, 7) is 5.75. The van der Waals surface area contributed by atoms with Gasteiger partial charge < -0.3 is 10.6 Å². The molecule has 0 spiro atoms. The molecule has 0 fully saturated rings. The van der Waals surface area contributed by atoms with Crippen molar-refractivity contribution in [3.05, 3.63) is 29.1 Å². The van der Waals surface area contributed by atoms with Gasteiger partial charge in [0, 0.05) is 12.6 Å². The van der Waals surface area contributed by atoms with E-state index in [1.54, 1.807) is 6.07 Å². The van der Waals surface area contributed by atoms with Gasteiger partial charge in [0.1, 0.15) is 5.82 Å². The fourth-order valence-corrected chi connectivity index (χ4v) is 2.23. The quantitative estimate of drug-likeness (QED) is 0.876. The highest BCUT2D eigenvalue weighted by Crippen LogP contribution is 2.24. The summed E-state index contributed by atoms with van der Waals surface area (Å²) in [5.41, 5.74) is 1.98. The maximum Gasteiger partial charge on any atom is 0.238 e. The van der Waals surface area contributed by atoms with Crippen molar-refractivity contribution in [1.82, 2.24) is 10.2 Å². The molecule has 126 valence electrons. The van der Waals surface area contributed by atoms with Gasteiger partial charge in [-0.15, -0.1) is 24.8 Å². The molecule has 0 aliphatic carbocycles. The molecule has 4 nitrogen and oxygen atoms in total. The van der Waals surface area contributed by atoms with Crippen LogP contribution in [0.4, 0.5) is 10.1 Å². The molecule has 0 saturated heterocycles. The number of fused-ring (bicyclic) bond motifs is 1. The molecule has 1 aromatic carbocycles. The number of hydrogen-bond donors (Lipinski definition) is 2. The maximum atomic E-state index is 14.4. The number of amides is 1. The zero-order valence-corrected chi connectivity index (χ0v) is 14.7. The highest BCUT2D eigenvalue weighted by atomic mass is 35.5. The molecule has 2 rings (SSSR count). The van der Waals surface area contributed by atoms with Gasteiger partial charge >= 0.3 is 0 Å². The first kappa shape index (κ1) is 21.1. The lowest BCUT2D eigenvalue weighted by molar-refractivity contribution is -0.117. The van der Waals surface area contributed by atoms with Crippen molar-refractivity contribution in [2.24, 2.45) is 0 Å². The summed E-state index contributed by atoms with van der Waals surface area (Å²) >= 11 is 0. The van der Waals surface area contributed by atoms with Crippen LogP contribution >= 0.6 is 24.8 Å². The number of rotatable bonds is 4. The summed E-state index contributed by atoms with van der Waals surface area (Å²) < 4.78 is 14.4. The van der Waals surface area contributed by atoms with Crippen LogP contribution in [-0.2, 0) is 17.8 Å². The second kappa shape index (κ2) is 9.30. The smallest absolute Gasteiger partial charge is 0.238 e. The molecule has 0 radical (unpaired) electrons. The van der Waals surface area contributed by atoms with Crippen molar-refractivity contribution in [3.8, 4) is 0 Å². The average molecular weight is 352 g/mol. The van der Waals surface area contributed by atoms with Crippen LogP contribution in [0.2, 0.25) is 0 Å². The van der Waals surface area contributed by atoms with Crippen molar-refractivity contribution >= 4 is 36.4 Å². The molecular formula is C15H24Cl2FN3O. The Balaban J connectivity index is 0.00000220. The number of halogens is 3. The van der Waals surface area contributed by atoms with E-state index in [1.807, 2.05) is 31.9 Å². The average Bonchev–Trinajstić information content (AvgIpc) is 2.42. The van der Waals surface area contributed by atoms with E-state index in [0.29, 0.717) is 13.0 Å². The number of hydrogen-bond acceptors (Lipinski definition) is 3. The highest BCUT2D eigenvalue weighted by molar-refractivity contribution is 5.92. The summed E-state index contributed by atoms with van der Waals surface area (Å²) in [4.78, 5) is 13.8. The maximum absolute atomic E-state index is 14.4. The monoisotopic (exact) mass is 351 g/mol. The number of carbonyl (C=O) groups is 1. The highest BCUT2D eigenvalue weighted by Gasteiger charge is 2.18. The molecule has 0 unspecified atom stereocenters. The summed E-state index contributed by atoms with van der Waals surface area (Å²) in [7, 11) is 1.87. The molecule has 2 N–H and O–H groups in total. The van der Waals surface area contributed by atoms with Crippen molar-refractivity contribution in [3.63, 3.8) is 0 Å². The summed E-state index contributed by atoms with van der Waals surface area (Å²) in [6.07, 6.45) is 0.663. The Morgan fingerprint density at radius 3 is 2.73 bits per heavy atom.